The third kappa shape index (κ3) is 2.89. The molecule has 4 nitrogen and oxygen atoms in total. The molecule has 0 bridgehead atoms. The second-order valence-electron chi connectivity index (χ2n) is 2.15. The minimum absolute atomic E-state index is 0.206. The maximum atomic E-state index is 11.0. The van der Waals surface area contributed by atoms with Crippen molar-refractivity contribution in [3.8, 4) is 0 Å². The van der Waals surface area contributed by atoms with Gasteiger partial charge in [-0.1, -0.05) is 0 Å². The average molecular weight is 185 g/mol. The minimum Gasteiger partial charge on any atom is -0.337 e. The minimum atomic E-state index is -0.206. The van der Waals surface area contributed by atoms with Crippen LogP contribution in [0.4, 0.5) is 9.80 Å². The van der Waals surface area contributed by atoms with Crippen LogP contribution < -0.4 is 16.4 Å². The number of thiophene rings is 1. The number of rotatable bonds is 3. The zero-order valence-corrected chi connectivity index (χ0v) is 7.36. The van der Waals surface area contributed by atoms with E-state index in [1.165, 1.54) is 11.3 Å². The molecule has 1 heterocycles. The van der Waals surface area contributed by atoms with Crippen molar-refractivity contribution >= 4 is 22.4 Å². The molecule has 5 heteroatoms. The van der Waals surface area contributed by atoms with E-state index in [2.05, 4.69) is 10.6 Å². The number of hydrogen-bond donors (Lipinski definition) is 3. The number of hydrogen-bond acceptors (Lipinski definition) is 3. The van der Waals surface area contributed by atoms with Crippen molar-refractivity contribution in [3.63, 3.8) is 0 Å². The Balaban J connectivity index is 2.27. The van der Waals surface area contributed by atoms with Gasteiger partial charge in [-0.3, -0.25) is 5.32 Å². The zero-order chi connectivity index (χ0) is 8.81. The molecule has 1 aromatic rings. The molecule has 66 valence electrons. The summed E-state index contributed by atoms with van der Waals surface area (Å²) in [5, 5.41) is 8.01. The molecule has 0 spiro atoms. The maximum absolute atomic E-state index is 11.0. The molecule has 0 atom stereocenters. The lowest BCUT2D eigenvalue weighted by Gasteiger charge is -2.02. The smallest absolute Gasteiger partial charge is 0.319 e. The monoisotopic (exact) mass is 185 g/mol. The molecule has 0 aliphatic carbocycles. The van der Waals surface area contributed by atoms with Crippen LogP contribution in [0.2, 0.25) is 0 Å². The first-order chi connectivity index (χ1) is 5.83. The van der Waals surface area contributed by atoms with Gasteiger partial charge in [-0.05, 0) is 17.5 Å². The van der Waals surface area contributed by atoms with Crippen LogP contribution in [0.5, 0.6) is 0 Å². The van der Waals surface area contributed by atoms with Crippen molar-refractivity contribution in [2.75, 3.05) is 18.4 Å². The van der Waals surface area contributed by atoms with E-state index in [1.807, 2.05) is 17.5 Å². The van der Waals surface area contributed by atoms with Gasteiger partial charge in [-0.25, -0.2) is 4.79 Å². The van der Waals surface area contributed by atoms with E-state index >= 15 is 0 Å². The molecule has 4 N–H and O–H groups in total. The van der Waals surface area contributed by atoms with Crippen molar-refractivity contribution in [1.82, 2.24) is 5.32 Å². The van der Waals surface area contributed by atoms with Crippen LogP contribution in [0, 0.1) is 0 Å². The van der Waals surface area contributed by atoms with Crippen LogP contribution in [0.25, 0.3) is 0 Å². The fraction of sp³-hybridized carbons (Fsp3) is 0.286. The summed E-state index contributed by atoms with van der Waals surface area (Å²) >= 11 is 1.48. The van der Waals surface area contributed by atoms with Crippen LogP contribution in [0.3, 0.4) is 0 Å². The summed E-state index contributed by atoms with van der Waals surface area (Å²) in [4.78, 5) is 11.0. The van der Waals surface area contributed by atoms with E-state index in [4.69, 9.17) is 5.73 Å². The molecule has 1 aromatic heterocycles. The number of nitrogens with two attached hydrogens (primary N) is 1. The average Bonchev–Trinajstić information content (AvgIpc) is 2.53. The van der Waals surface area contributed by atoms with Gasteiger partial charge in [0.05, 0.1) is 5.00 Å². The molecule has 0 radical (unpaired) electrons. The Morgan fingerprint density at radius 1 is 1.67 bits per heavy atom. The standard InChI is InChI=1S/C7H11N3OS/c8-3-4-9-7(11)10-6-2-1-5-12-6/h1-2,5H,3-4,8H2,(H2,9,10,11). The Labute approximate surface area is 74.8 Å². The van der Waals surface area contributed by atoms with Crippen molar-refractivity contribution in [2.45, 2.75) is 0 Å². The van der Waals surface area contributed by atoms with Gasteiger partial charge in [-0.2, -0.15) is 0 Å². The van der Waals surface area contributed by atoms with E-state index in [-0.39, 0.29) is 6.03 Å². The number of amides is 2. The molecule has 0 fully saturated rings. The van der Waals surface area contributed by atoms with Crippen LogP contribution in [-0.4, -0.2) is 19.1 Å². The van der Waals surface area contributed by atoms with Gasteiger partial charge in [0, 0.05) is 13.1 Å². The molecule has 0 aliphatic heterocycles. The summed E-state index contributed by atoms with van der Waals surface area (Å²) in [6.07, 6.45) is 0. The Bertz CT molecular complexity index is 235. The second-order valence-corrected chi connectivity index (χ2v) is 3.09. The first kappa shape index (κ1) is 9.02. The first-order valence-electron chi connectivity index (χ1n) is 3.61. The Morgan fingerprint density at radius 3 is 3.08 bits per heavy atom. The summed E-state index contributed by atoms with van der Waals surface area (Å²) in [6, 6.07) is 3.51. The lowest BCUT2D eigenvalue weighted by molar-refractivity contribution is 0.252. The fourth-order valence-corrected chi connectivity index (χ4v) is 1.30. The Kier molecular flexibility index (Phi) is 3.56. The van der Waals surface area contributed by atoms with Crippen LogP contribution in [0.1, 0.15) is 0 Å². The van der Waals surface area contributed by atoms with Gasteiger partial charge >= 0.3 is 6.03 Å². The van der Waals surface area contributed by atoms with Gasteiger partial charge in [0.2, 0.25) is 0 Å². The summed E-state index contributed by atoms with van der Waals surface area (Å²) in [6.45, 7) is 0.953. The van der Waals surface area contributed by atoms with Gasteiger partial charge in [0.25, 0.3) is 0 Å². The summed E-state index contributed by atoms with van der Waals surface area (Å²) in [5.74, 6) is 0. The van der Waals surface area contributed by atoms with E-state index in [0.717, 1.165) is 5.00 Å². The topological polar surface area (TPSA) is 67.1 Å². The SMILES string of the molecule is NCCNC(=O)Nc1cccs1. The van der Waals surface area contributed by atoms with Crippen molar-refractivity contribution in [1.29, 1.82) is 0 Å². The number of nitrogens with one attached hydrogen (secondary N) is 2. The van der Waals surface area contributed by atoms with E-state index in [1.54, 1.807) is 0 Å². The van der Waals surface area contributed by atoms with E-state index in [9.17, 15) is 4.79 Å². The molecular weight excluding hydrogens is 174 g/mol. The first-order valence-corrected chi connectivity index (χ1v) is 4.49. The Morgan fingerprint density at radius 2 is 2.50 bits per heavy atom. The van der Waals surface area contributed by atoms with Gasteiger partial charge in [-0.15, -0.1) is 11.3 Å². The molecule has 1 rings (SSSR count). The highest BCUT2D eigenvalue weighted by Crippen LogP contribution is 2.14. The number of carbonyl (C=O) groups excluding carboxylic acids is 1. The summed E-state index contributed by atoms with van der Waals surface area (Å²) in [7, 11) is 0. The highest BCUT2D eigenvalue weighted by atomic mass is 32.1. The van der Waals surface area contributed by atoms with Crippen molar-refractivity contribution in [2.24, 2.45) is 5.73 Å². The molecule has 0 saturated carbocycles. The highest BCUT2D eigenvalue weighted by Gasteiger charge is 1.99. The van der Waals surface area contributed by atoms with Crippen LogP contribution in [0.15, 0.2) is 17.5 Å². The maximum Gasteiger partial charge on any atom is 0.319 e. The van der Waals surface area contributed by atoms with Crippen LogP contribution >= 0.6 is 11.3 Å². The molecule has 0 aromatic carbocycles. The molecular formula is C7H11N3OS. The summed E-state index contributed by atoms with van der Waals surface area (Å²) < 4.78 is 0. The van der Waals surface area contributed by atoms with E-state index < -0.39 is 0 Å². The molecule has 0 unspecified atom stereocenters. The number of anilines is 1. The second kappa shape index (κ2) is 4.74. The zero-order valence-electron chi connectivity index (χ0n) is 6.54. The van der Waals surface area contributed by atoms with Crippen molar-refractivity contribution < 1.29 is 4.79 Å². The van der Waals surface area contributed by atoms with Gasteiger partial charge in [0.1, 0.15) is 0 Å². The third-order valence-electron chi connectivity index (χ3n) is 1.19. The number of urea groups is 1. The molecule has 12 heavy (non-hydrogen) atoms. The van der Waals surface area contributed by atoms with Crippen molar-refractivity contribution in [3.05, 3.63) is 17.5 Å². The highest BCUT2D eigenvalue weighted by molar-refractivity contribution is 7.14. The predicted molar refractivity (Wildman–Crippen MR) is 50.4 cm³/mol. The lowest BCUT2D eigenvalue weighted by atomic mass is 10.6. The molecule has 2 amide bonds. The third-order valence-corrected chi connectivity index (χ3v) is 1.97. The summed E-state index contributed by atoms with van der Waals surface area (Å²) in [5.41, 5.74) is 5.21. The fourth-order valence-electron chi connectivity index (χ4n) is 0.691. The lowest BCUT2D eigenvalue weighted by Crippen LogP contribution is -2.32. The van der Waals surface area contributed by atoms with E-state index in [0.29, 0.717) is 13.1 Å². The molecule has 0 aliphatic rings. The normalized spacial score (nSPS) is 9.42. The van der Waals surface area contributed by atoms with Gasteiger partial charge < -0.3 is 11.1 Å². The Hall–Kier alpha value is -1.07. The predicted octanol–water partition coefficient (Wildman–Crippen LogP) is 0.828. The largest absolute Gasteiger partial charge is 0.337 e. The number of carbonyl (C=O) groups is 1. The quantitative estimate of drug-likeness (QED) is 0.653. The van der Waals surface area contributed by atoms with Gasteiger partial charge in [0.15, 0.2) is 0 Å². The molecule has 0 saturated heterocycles. The van der Waals surface area contributed by atoms with Crippen LogP contribution in [-0.2, 0) is 0 Å².